The Kier molecular flexibility index (Phi) is 3.28. The van der Waals surface area contributed by atoms with E-state index in [1.165, 1.54) is 6.92 Å². The van der Waals surface area contributed by atoms with E-state index in [1.807, 2.05) is 0 Å². The first-order chi connectivity index (χ1) is 6.85. The second kappa shape index (κ2) is 4.14. The maximum absolute atomic E-state index is 11.9. The first kappa shape index (κ1) is 11.9. The van der Waals surface area contributed by atoms with Crippen LogP contribution >= 0.6 is 11.6 Å². The molecule has 0 aliphatic rings. The summed E-state index contributed by atoms with van der Waals surface area (Å²) in [4.78, 5) is 13.2. The molecule has 7 heteroatoms. The number of nitrogens with one attached hydrogen (secondary N) is 1. The van der Waals surface area contributed by atoms with Crippen LogP contribution in [0.15, 0.2) is 11.0 Å². The van der Waals surface area contributed by atoms with Crippen molar-refractivity contribution in [1.29, 1.82) is 0 Å². The number of halogens is 4. The van der Waals surface area contributed by atoms with Gasteiger partial charge in [0, 0.05) is 17.3 Å². The minimum Gasteiger partial charge on any atom is -0.404 e. The van der Waals surface area contributed by atoms with Gasteiger partial charge in [-0.3, -0.25) is 4.79 Å². The average Bonchev–Trinajstić information content (AvgIpc) is 2.10. The van der Waals surface area contributed by atoms with E-state index in [1.54, 1.807) is 0 Å². The lowest BCUT2D eigenvalue weighted by Crippen LogP contribution is -2.21. The van der Waals surface area contributed by atoms with Crippen LogP contribution in [-0.4, -0.2) is 11.3 Å². The van der Waals surface area contributed by atoms with Crippen LogP contribution in [0.4, 0.5) is 13.2 Å². The highest BCUT2D eigenvalue weighted by Gasteiger charge is 2.32. The Bertz CT molecular complexity index is 413. The molecule has 0 saturated carbocycles. The summed E-state index contributed by atoms with van der Waals surface area (Å²) in [5.41, 5.74) is -0.329. The molecule has 1 N–H and O–H groups in total. The lowest BCUT2D eigenvalue weighted by atomic mass is 10.2. The SMILES string of the molecule is Cc1c(CCl)c(OC(F)(F)F)c[nH]c1=O. The second-order valence-electron chi connectivity index (χ2n) is 2.77. The van der Waals surface area contributed by atoms with Gasteiger partial charge in [-0.05, 0) is 6.92 Å². The van der Waals surface area contributed by atoms with E-state index >= 15 is 0 Å². The lowest BCUT2D eigenvalue weighted by Gasteiger charge is -2.12. The van der Waals surface area contributed by atoms with Gasteiger partial charge in [0.2, 0.25) is 0 Å². The van der Waals surface area contributed by atoms with Crippen molar-refractivity contribution in [2.45, 2.75) is 19.2 Å². The van der Waals surface area contributed by atoms with Gasteiger partial charge in [0.25, 0.3) is 5.56 Å². The van der Waals surface area contributed by atoms with Crippen molar-refractivity contribution in [2.75, 3.05) is 0 Å². The minimum absolute atomic E-state index is 0.0396. The van der Waals surface area contributed by atoms with Gasteiger partial charge in [0.1, 0.15) is 5.75 Å². The summed E-state index contributed by atoms with van der Waals surface area (Å²) >= 11 is 5.44. The summed E-state index contributed by atoms with van der Waals surface area (Å²) in [6.07, 6.45) is -3.95. The van der Waals surface area contributed by atoms with Gasteiger partial charge in [0.15, 0.2) is 0 Å². The van der Waals surface area contributed by atoms with Crippen molar-refractivity contribution in [2.24, 2.45) is 0 Å². The Morgan fingerprint density at radius 1 is 1.53 bits per heavy atom. The van der Waals surface area contributed by atoms with E-state index < -0.39 is 17.7 Å². The Labute approximate surface area is 87.8 Å². The third-order valence-electron chi connectivity index (χ3n) is 1.78. The van der Waals surface area contributed by atoms with Crippen LogP contribution in [-0.2, 0) is 5.88 Å². The molecule has 0 aromatic carbocycles. The van der Waals surface area contributed by atoms with Gasteiger partial charge in [-0.25, -0.2) is 0 Å². The van der Waals surface area contributed by atoms with Crippen molar-refractivity contribution in [1.82, 2.24) is 4.98 Å². The maximum Gasteiger partial charge on any atom is 0.573 e. The van der Waals surface area contributed by atoms with Gasteiger partial charge < -0.3 is 9.72 Å². The van der Waals surface area contributed by atoms with Crippen molar-refractivity contribution >= 4 is 11.6 Å². The summed E-state index contributed by atoms with van der Waals surface area (Å²) in [5.74, 6) is -0.698. The molecule has 0 aliphatic carbocycles. The van der Waals surface area contributed by atoms with Gasteiger partial charge >= 0.3 is 6.36 Å². The second-order valence-corrected chi connectivity index (χ2v) is 3.03. The highest BCUT2D eigenvalue weighted by molar-refractivity contribution is 6.17. The van der Waals surface area contributed by atoms with Gasteiger partial charge in [0.05, 0.1) is 5.88 Å². The predicted molar refractivity (Wildman–Crippen MR) is 48.0 cm³/mol. The predicted octanol–water partition coefficient (Wildman–Crippen LogP) is 2.32. The van der Waals surface area contributed by atoms with Crippen LogP contribution in [0.5, 0.6) is 5.75 Å². The van der Waals surface area contributed by atoms with Crippen LogP contribution in [0.3, 0.4) is 0 Å². The number of rotatable bonds is 2. The van der Waals surface area contributed by atoms with Gasteiger partial charge in [-0.2, -0.15) is 0 Å². The van der Waals surface area contributed by atoms with Crippen LogP contribution in [0.1, 0.15) is 11.1 Å². The number of hydrogen-bond acceptors (Lipinski definition) is 2. The Morgan fingerprint density at radius 3 is 2.60 bits per heavy atom. The molecule has 0 amide bonds. The number of ether oxygens (including phenoxy) is 1. The summed E-state index contributed by atoms with van der Waals surface area (Å²) in [7, 11) is 0. The van der Waals surface area contributed by atoms with Crippen LogP contribution in [0.2, 0.25) is 0 Å². The minimum atomic E-state index is -4.80. The third-order valence-corrected chi connectivity index (χ3v) is 2.05. The molecule has 1 aromatic heterocycles. The van der Waals surface area contributed by atoms with E-state index in [-0.39, 0.29) is 17.0 Å². The van der Waals surface area contributed by atoms with Crippen LogP contribution in [0.25, 0.3) is 0 Å². The van der Waals surface area contributed by atoms with Crippen molar-refractivity contribution in [3.05, 3.63) is 27.7 Å². The first-order valence-corrected chi connectivity index (χ1v) is 4.41. The van der Waals surface area contributed by atoms with Gasteiger partial charge in [-0.15, -0.1) is 24.8 Å². The summed E-state index contributed by atoms with van der Waals surface area (Å²) in [6, 6.07) is 0. The quantitative estimate of drug-likeness (QED) is 0.808. The maximum atomic E-state index is 11.9. The molecule has 1 heterocycles. The Morgan fingerprint density at radius 2 is 2.13 bits per heavy atom. The smallest absolute Gasteiger partial charge is 0.404 e. The number of hydrogen-bond donors (Lipinski definition) is 1. The molecule has 0 fully saturated rings. The average molecular weight is 242 g/mol. The first-order valence-electron chi connectivity index (χ1n) is 3.88. The monoisotopic (exact) mass is 241 g/mol. The molecule has 0 radical (unpaired) electrons. The zero-order valence-corrected chi connectivity index (χ0v) is 8.37. The van der Waals surface area contributed by atoms with Crippen LogP contribution < -0.4 is 10.3 Å². The molecule has 3 nitrogen and oxygen atoms in total. The number of alkyl halides is 4. The van der Waals surface area contributed by atoms with Gasteiger partial charge in [-0.1, -0.05) is 0 Å². The Balaban J connectivity index is 3.20. The summed E-state index contributed by atoms with van der Waals surface area (Å²) < 4.78 is 39.5. The molecule has 0 bridgehead atoms. The highest BCUT2D eigenvalue weighted by atomic mass is 35.5. The molecule has 1 rings (SSSR count). The standard InChI is InChI=1S/C8H7ClF3NO2/c1-4-5(2-9)6(3-13-7(4)14)15-8(10,11)12/h3H,2H2,1H3,(H,13,14). The van der Waals surface area contributed by atoms with E-state index in [0.29, 0.717) is 0 Å². The lowest BCUT2D eigenvalue weighted by molar-refractivity contribution is -0.275. The Hall–Kier alpha value is -1.17. The molecule has 0 spiro atoms. The fourth-order valence-corrected chi connectivity index (χ4v) is 1.36. The van der Waals surface area contributed by atoms with Crippen molar-refractivity contribution < 1.29 is 17.9 Å². The van der Waals surface area contributed by atoms with E-state index in [0.717, 1.165) is 6.20 Å². The van der Waals surface area contributed by atoms with E-state index in [9.17, 15) is 18.0 Å². The normalized spacial score (nSPS) is 11.5. The zero-order chi connectivity index (χ0) is 11.6. The highest BCUT2D eigenvalue weighted by Crippen LogP contribution is 2.27. The number of aromatic amines is 1. The van der Waals surface area contributed by atoms with Crippen molar-refractivity contribution in [3.63, 3.8) is 0 Å². The van der Waals surface area contributed by atoms with E-state index in [4.69, 9.17) is 11.6 Å². The zero-order valence-electron chi connectivity index (χ0n) is 7.61. The molecule has 15 heavy (non-hydrogen) atoms. The largest absolute Gasteiger partial charge is 0.573 e. The molecule has 84 valence electrons. The number of H-pyrrole nitrogens is 1. The summed E-state index contributed by atoms with van der Waals surface area (Å²) in [5, 5.41) is 0. The van der Waals surface area contributed by atoms with Crippen molar-refractivity contribution in [3.8, 4) is 5.75 Å². The molecular formula is C8H7ClF3NO2. The molecule has 0 saturated heterocycles. The number of pyridine rings is 1. The molecule has 0 aliphatic heterocycles. The molecular weight excluding hydrogens is 235 g/mol. The number of aromatic nitrogens is 1. The molecule has 0 unspecified atom stereocenters. The van der Waals surface area contributed by atoms with Crippen LogP contribution in [0, 0.1) is 6.92 Å². The summed E-state index contributed by atoms with van der Waals surface area (Å²) in [6.45, 7) is 1.37. The fourth-order valence-electron chi connectivity index (χ4n) is 1.03. The topological polar surface area (TPSA) is 42.1 Å². The third kappa shape index (κ3) is 2.89. The molecule has 1 aromatic rings. The van der Waals surface area contributed by atoms with E-state index in [2.05, 4.69) is 9.72 Å². The fraction of sp³-hybridized carbons (Fsp3) is 0.375. The molecule has 0 atom stereocenters.